The van der Waals surface area contributed by atoms with E-state index in [1.807, 2.05) is 0 Å². The first kappa shape index (κ1) is 19.5. The van der Waals surface area contributed by atoms with Crippen molar-refractivity contribution in [2.75, 3.05) is 5.75 Å². The largest absolute Gasteiger partial charge is 0.144 e. The zero-order valence-electron chi connectivity index (χ0n) is 13.1. The molecule has 0 bridgehead atoms. The van der Waals surface area contributed by atoms with Gasteiger partial charge in [-0.05, 0) is 18.1 Å². The van der Waals surface area contributed by atoms with Crippen molar-refractivity contribution in [1.82, 2.24) is 0 Å². The second-order valence-corrected chi connectivity index (χ2v) is 13.6. The molecule has 0 radical (unpaired) electrons. The number of hydrogen-bond donors (Lipinski definition) is 0. The fraction of sp³-hybridized carbons (Fsp3) is 0.312. The fourth-order valence-corrected chi connectivity index (χ4v) is 11.0. The Hall–Kier alpha value is 1.15. The van der Waals surface area contributed by atoms with Crippen LogP contribution in [0.5, 0.6) is 0 Å². The Balaban J connectivity index is 2.08. The number of fused-ring (bicyclic) bond motifs is 2. The summed E-state index contributed by atoms with van der Waals surface area (Å²) in [7, 11) is 3.31. The highest BCUT2D eigenvalue weighted by Gasteiger charge is 2.30. The van der Waals surface area contributed by atoms with E-state index in [0.29, 0.717) is 16.0 Å². The average Bonchev–Trinajstić information content (AvgIpc) is 3.15. The van der Waals surface area contributed by atoms with Gasteiger partial charge in [-0.25, -0.2) is 0 Å². The molecule has 132 valence electrons. The standard InChI is InChI=1S/C16H11Cl3S6/c1-5(2)3-4-21-11-6-7-12(9(18)8(11)17)24-25-13(7)10(19)15-14(6)22-16(20)23-15/h5H,3-4H2,1-2H3. The SMILES string of the molecule is CC(C)CCSc1c(Cl)c(Cl)c2c3c(c(Cl)c4sc(=S)sc4c13)SS2. The fourth-order valence-electron chi connectivity index (χ4n) is 2.65. The zero-order valence-corrected chi connectivity index (χ0v) is 20.2. The van der Waals surface area contributed by atoms with Crippen LogP contribution in [0.3, 0.4) is 0 Å². The molecule has 0 unspecified atom stereocenters. The van der Waals surface area contributed by atoms with Crippen LogP contribution in [-0.2, 0) is 0 Å². The maximum Gasteiger partial charge on any atom is 0.144 e. The van der Waals surface area contributed by atoms with Gasteiger partial charge in [0.25, 0.3) is 0 Å². The predicted octanol–water partition coefficient (Wildman–Crippen LogP) is 10.1. The smallest absolute Gasteiger partial charge is 0.124 e. The van der Waals surface area contributed by atoms with E-state index in [2.05, 4.69) is 13.8 Å². The summed E-state index contributed by atoms with van der Waals surface area (Å²) in [5.74, 6) is 1.67. The van der Waals surface area contributed by atoms with Crippen molar-refractivity contribution in [3.8, 4) is 0 Å². The van der Waals surface area contributed by atoms with Gasteiger partial charge in [0, 0.05) is 25.5 Å². The zero-order chi connectivity index (χ0) is 17.9. The van der Waals surface area contributed by atoms with Crippen molar-refractivity contribution in [3.63, 3.8) is 0 Å². The molecule has 0 saturated carbocycles. The minimum absolute atomic E-state index is 0.645. The van der Waals surface area contributed by atoms with Crippen LogP contribution in [0, 0.1) is 9.06 Å². The van der Waals surface area contributed by atoms with Crippen molar-refractivity contribution < 1.29 is 0 Å². The molecule has 2 heterocycles. The molecular weight excluding hydrogens is 491 g/mol. The van der Waals surface area contributed by atoms with Crippen LogP contribution in [0.4, 0.5) is 0 Å². The Kier molecular flexibility index (Phi) is 5.86. The Morgan fingerprint density at radius 1 is 0.920 bits per heavy atom. The molecule has 0 N–H and O–H groups in total. The lowest BCUT2D eigenvalue weighted by molar-refractivity contribution is 0.632. The maximum atomic E-state index is 6.72. The summed E-state index contributed by atoms with van der Waals surface area (Å²) in [6, 6.07) is 0. The van der Waals surface area contributed by atoms with E-state index in [1.54, 1.807) is 56.0 Å². The van der Waals surface area contributed by atoms with Gasteiger partial charge in [-0.2, -0.15) is 0 Å². The van der Waals surface area contributed by atoms with E-state index in [4.69, 9.17) is 47.0 Å². The topological polar surface area (TPSA) is 0 Å². The molecule has 0 saturated heterocycles. The summed E-state index contributed by atoms with van der Waals surface area (Å²) in [5.41, 5.74) is 0. The summed E-state index contributed by atoms with van der Waals surface area (Å²) in [6.45, 7) is 4.47. The molecule has 0 fully saturated rings. The van der Waals surface area contributed by atoms with E-state index in [1.165, 1.54) is 5.39 Å². The molecular formula is C16H11Cl3S6. The van der Waals surface area contributed by atoms with Crippen molar-refractivity contribution in [2.45, 2.75) is 35.0 Å². The van der Waals surface area contributed by atoms with Gasteiger partial charge in [0.1, 0.15) is 3.14 Å². The second-order valence-electron chi connectivity index (χ2n) is 5.99. The van der Waals surface area contributed by atoms with Gasteiger partial charge in [0.15, 0.2) is 0 Å². The Morgan fingerprint density at radius 3 is 2.24 bits per heavy atom. The van der Waals surface area contributed by atoms with Gasteiger partial charge in [-0.3, -0.25) is 0 Å². The molecule has 0 aliphatic carbocycles. The van der Waals surface area contributed by atoms with Crippen LogP contribution in [-0.4, -0.2) is 5.75 Å². The van der Waals surface area contributed by atoms with Gasteiger partial charge >= 0.3 is 0 Å². The lowest BCUT2D eigenvalue weighted by Crippen LogP contribution is -1.92. The highest BCUT2D eigenvalue weighted by molar-refractivity contribution is 8.77. The van der Waals surface area contributed by atoms with Crippen molar-refractivity contribution >= 4 is 123 Å². The Morgan fingerprint density at radius 2 is 1.56 bits per heavy atom. The minimum Gasteiger partial charge on any atom is -0.124 e. The lowest BCUT2D eigenvalue weighted by Gasteiger charge is -2.14. The Bertz CT molecular complexity index is 1070. The maximum absolute atomic E-state index is 6.72. The Labute approximate surface area is 186 Å². The number of benzene rings is 2. The molecule has 4 rings (SSSR count). The van der Waals surface area contributed by atoms with Crippen molar-refractivity contribution in [3.05, 3.63) is 18.2 Å². The van der Waals surface area contributed by atoms with E-state index in [-0.39, 0.29) is 0 Å². The van der Waals surface area contributed by atoms with Crippen LogP contribution in [0.15, 0.2) is 14.7 Å². The molecule has 3 aromatic rings. The summed E-state index contributed by atoms with van der Waals surface area (Å²) >= 11 is 30.5. The first-order valence-electron chi connectivity index (χ1n) is 7.47. The molecule has 0 nitrogen and oxygen atoms in total. The molecule has 1 aliphatic rings. The quantitative estimate of drug-likeness (QED) is 0.198. The highest BCUT2D eigenvalue weighted by Crippen LogP contribution is 2.62. The average molecular weight is 502 g/mol. The van der Waals surface area contributed by atoms with E-state index < -0.39 is 0 Å². The van der Waals surface area contributed by atoms with Gasteiger partial charge in [0.05, 0.1) is 24.5 Å². The van der Waals surface area contributed by atoms with Gasteiger partial charge in [-0.1, -0.05) is 82.5 Å². The molecule has 0 spiro atoms. The van der Waals surface area contributed by atoms with Crippen molar-refractivity contribution in [1.29, 1.82) is 0 Å². The number of hydrogen-bond acceptors (Lipinski definition) is 6. The van der Waals surface area contributed by atoms with Crippen LogP contribution in [0.2, 0.25) is 15.1 Å². The third-order valence-electron chi connectivity index (χ3n) is 3.88. The second kappa shape index (κ2) is 7.53. The number of halogens is 3. The molecule has 1 aromatic heterocycles. The summed E-state index contributed by atoms with van der Waals surface area (Å²) in [6.07, 6.45) is 1.13. The molecule has 0 atom stereocenters. The molecule has 0 amide bonds. The van der Waals surface area contributed by atoms with Crippen LogP contribution >= 0.6 is 103 Å². The van der Waals surface area contributed by atoms with Gasteiger partial charge < -0.3 is 0 Å². The lowest BCUT2D eigenvalue weighted by atomic mass is 10.1. The molecule has 25 heavy (non-hydrogen) atoms. The highest BCUT2D eigenvalue weighted by atomic mass is 35.5. The van der Waals surface area contributed by atoms with Crippen LogP contribution in [0.25, 0.3) is 20.2 Å². The first-order chi connectivity index (χ1) is 11.9. The summed E-state index contributed by atoms with van der Waals surface area (Å²) in [5, 5.41) is 4.44. The van der Waals surface area contributed by atoms with Gasteiger partial charge in [0.2, 0.25) is 0 Å². The molecule has 1 aliphatic heterocycles. The first-order valence-corrected chi connectivity index (χ1v) is 13.8. The van der Waals surface area contributed by atoms with Crippen molar-refractivity contribution in [2.24, 2.45) is 5.92 Å². The third-order valence-corrected chi connectivity index (χ3v) is 11.9. The normalized spacial score (nSPS) is 13.7. The summed E-state index contributed by atoms with van der Waals surface area (Å²) in [4.78, 5) is 3.20. The third kappa shape index (κ3) is 3.28. The summed E-state index contributed by atoms with van der Waals surface area (Å²) < 4.78 is 3.11. The van der Waals surface area contributed by atoms with Gasteiger partial charge in [-0.15, -0.1) is 34.4 Å². The number of rotatable bonds is 4. The minimum atomic E-state index is 0.645. The monoisotopic (exact) mass is 500 g/mol. The van der Waals surface area contributed by atoms with E-state index in [0.717, 1.165) is 49.8 Å². The predicted molar refractivity (Wildman–Crippen MR) is 125 cm³/mol. The van der Waals surface area contributed by atoms with E-state index >= 15 is 0 Å². The van der Waals surface area contributed by atoms with E-state index in [9.17, 15) is 0 Å². The van der Waals surface area contributed by atoms with Crippen LogP contribution in [0.1, 0.15) is 20.3 Å². The number of thioether (sulfide) groups is 1. The molecule has 9 heteroatoms. The molecule has 2 aromatic carbocycles. The van der Waals surface area contributed by atoms with Crippen LogP contribution < -0.4 is 0 Å².